The average Bonchev–Trinajstić information content (AvgIpc) is 0.722. The molecule has 0 radical (unpaired) electrons. The summed E-state index contributed by atoms with van der Waals surface area (Å²) in [5.74, 6) is 0. The quantitative estimate of drug-likeness (QED) is 0.340. The maximum Gasteiger partial charge on any atom is 2.00 e. The number of phosphoric acid groups is 1. The molecule has 0 aliphatic carbocycles. The Bertz CT molecular complexity index is 66.2. The molecule has 0 fully saturated rings. The van der Waals surface area contributed by atoms with Crippen LogP contribution in [0.5, 0.6) is 0 Å². The van der Waals surface area contributed by atoms with Crippen LogP contribution < -0.4 is 0 Å². The van der Waals surface area contributed by atoms with Crippen molar-refractivity contribution >= 4 is 159 Å². The van der Waals surface area contributed by atoms with Gasteiger partial charge in [0.15, 0.2) is 0 Å². The Morgan fingerprint density at radius 3 is 0.889 bits per heavy atom. The Morgan fingerprint density at radius 1 is 0.889 bits per heavy atom. The van der Waals surface area contributed by atoms with Gasteiger partial charge in [-0.25, -0.2) is 4.57 Å². The monoisotopic (exact) mass is 260 g/mol. The summed E-state index contributed by atoms with van der Waals surface area (Å²) >= 11 is 0. The molecule has 0 saturated heterocycles. The fourth-order valence-electron chi connectivity index (χ4n) is 0. The molecule has 0 spiro atoms. The van der Waals surface area contributed by atoms with Crippen LogP contribution in [0.3, 0.4) is 0 Å². The van der Waals surface area contributed by atoms with Gasteiger partial charge in [-0.05, 0) is 0 Å². The van der Waals surface area contributed by atoms with Crippen LogP contribution in [0.1, 0.15) is 2.85 Å². The fraction of sp³-hybridized carbons (Fsp3) is 0. The predicted octanol–water partition coefficient (Wildman–Crippen LogP) is -2.23. The van der Waals surface area contributed by atoms with Crippen molar-refractivity contribution in [2.45, 2.75) is 0 Å². The van der Waals surface area contributed by atoms with E-state index in [1.807, 2.05) is 0 Å². The van der Waals surface area contributed by atoms with E-state index >= 15 is 0 Å². The van der Waals surface area contributed by atoms with Crippen LogP contribution in [-0.2, 0) is 4.57 Å². The van der Waals surface area contributed by atoms with Gasteiger partial charge in [-0.3, -0.25) is 0 Å². The van der Waals surface area contributed by atoms with Gasteiger partial charge in [0.2, 0.25) is 0 Å². The van der Waals surface area contributed by atoms with E-state index in [4.69, 9.17) is 19.2 Å². The van der Waals surface area contributed by atoms with Gasteiger partial charge in [0.25, 0.3) is 0 Å². The Morgan fingerprint density at radius 2 is 0.889 bits per heavy atom. The minimum Gasteiger partial charge on any atom is -0.303 e. The van der Waals surface area contributed by atoms with Crippen molar-refractivity contribution in [2.75, 3.05) is 0 Å². The Balaban J connectivity index is -0.00000000533. The predicted molar refractivity (Wildman–Crippen MR) is 39.5 cm³/mol. The van der Waals surface area contributed by atoms with Crippen molar-refractivity contribution in [3.63, 3.8) is 0 Å². The molecule has 9 heteroatoms. The molecule has 9 heavy (non-hydrogen) atoms. The van der Waals surface area contributed by atoms with Crippen molar-refractivity contribution in [2.24, 2.45) is 0 Å². The van der Waals surface area contributed by atoms with Crippen molar-refractivity contribution < 1.29 is 22.1 Å². The second-order valence-electron chi connectivity index (χ2n) is 0.513. The number of hydrogen-bond donors (Lipinski definition) is 3. The summed E-state index contributed by atoms with van der Waals surface area (Å²) in [6.07, 6.45) is 0. The van der Waals surface area contributed by atoms with Gasteiger partial charge in [-0.15, -0.1) is 0 Å². The first-order chi connectivity index (χ1) is 2.00. The third-order valence-corrected chi connectivity index (χ3v) is 0. The second kappa shape index (κ2) is 15.6. The van der Waals surface area contributed by atoms with Crippen LogP contribution in [0.25, 0.3) is 0 Å². The first-order valence-electron chi connectivity index (χ1n) is 0.783. The SMILES string of the molecule is O=P(O)(O)O.[Ca+2].[Ca+2].[Ca+2].[Ca+2].[H+].[H+]. The van der Waals surface area contributed by atoms with Gasteiger partial charge in [0.1, 0.15) is 0 Å². The molecule has 0 heterocycles. The van der Waals surface area contributed by atoms with E-state index in [0.29, 0.717) is 0 Å². The van der Waals surface area contributed by atoms with Crippen LogP contribution in [0.15, 0.2) is 0 Å². The molecule has 0 aromatic heterocycles. The zero-order valence-electron chi connectivity index (χ0n) is 7.03. The Hall–Kier alpha value is 5.15. The van der Waals surface area contributed by atoms with Crippen LogP contribution in [0.4, 0.5) is 0 Å². The molecule has 3 N–H and O–H groups in total. The third kappa shape index (κ3) is 61.6. The van der Waals surface area contributed by atoms with Crippen molar-refractivity contribution in [1.82, 2.24) is 0 Å². The molecule has 0 rings (SSSR count). The topological polar surface area (TPSA) is 77.8 Å². The van der Waals surface area contributed by atoms with Crippen LogP contribution in [0.2, 0.25) is 0 Å². The maximum absolute atomic E-state index is 8.88. The second-order valence-corrected chi connectivity index (χ2v) is 1.54. The Labute approximate surface area is 176 Å². The molecule has 0 aliphatic rings. The van der Waals surface area contributed by atoms with Gasteiger partial charge >= 0.3 is 162 Å². The van der Waals surface area contributed by atoms with Crippen molar-refractivity contribution in [3.05, 3.63) is 0 Å². The smallest absolute Gasteiger partial charge is 0.303 e. The maximum atomic E-state index is 8.88. The van der Waals surface area contributed by atoms with Crippen LogP contribution in [-0.4, -0.2) is 166 Å². The van der Waals surface area contributed by atoms with E-state index in [1.54, 1.807) is 0 Å². The van der Waals surface area contributed by atoms with Crippen LogP contribution >= 0.6 is 7.82 Å². The van der Waals surface area contributed by atoms with E-state index in [0.717, 1.165) is 0 Å². The molecule has 0 unspecified atom stereocenters. The molecule has 0 aliphatic heterocycles. The molecule has 4 nitrogen and oxygen atoms in total. The van der Waals surface area contributed by atoms with E-state index in [9.17, 15) is 0 Å². The number of rotatable bonds is 0. The Kier molecular flexibility index (Phi) is 50.7. The van der Waals surface area contributed by atoms with E-state index in [2.05, 4.69) is 0 Å². The molecular formula is H5Ca4O4P+10. The summed E-state index contributed by atoms with van der Waals surface area (Å²) in [5.41, 5.74) is 0. The zero-order chi connectivity index (χ0) is 4.50. The minimum atomic E-state index is -4.64. The van der Waals surface area contributed by atoms with Gasteiger partial charge < -0.3 is 14.7 Å². The standard InChI is InChI=1S/4Ca.H3O4P/c;;;;1-5(2,3)4/h;;;;(H3,1,2,3,4)/q4*+2;/p+2. The van der Waals surface area contributed by atoms with Gasteiger partial charge in [0.05, 0.1) is 0 Å². The summed E-state index contributed by atoms with van der Waals surface area (Å²) in [6.45, 7) is 0. The largest absolute Gasteiger partial charge is 2.00 e. The molecule has 0 aromatic carbocycles. The molecule has 0 saturated carbocycles. The summed E-state index contributed by atoms with van der Waals surface area (Å²) < 4.78 is 8.88. The van der Waals surface area contributed by atoms with E-state index in [1.165, 1.54) is 0 Å². The number of hydrogen-bond acceptors (Lipinski definition) is 1. The zero-order valence-corrected chi connectivity index (χ0v) is 14.8. The molecule has 0 aromatic rings. The van der Waals surface area contributed by atoms with Crippen LogP contribution in [0, 0.1) is 0 Å². The first-order valence-corrected chi connectivity index (χ1v) is 2.35. The van der Waals surface area contributed by atoms with Gasteiger partial charge in [0, 0.05) is 0 Å². The molecule has 0 bridgehead atoms. The van der Waals surface area contributed by atoms with Gasteiger partial charge in [-0.1, -0.05) is 0 Å². The average molecular weight is 260 g/mol. The molecule has 32 valence electrons. The molecule has 0 amide bonds. The minimum absolute atomic E-state index is 0. The summed E-state index contributed by atoms with van der Waals surface area (Å²) in [4.78, 5) is 21.6. The summed E-state index contributed by atoms with van der Waals surface area (Å²) in [5, 5.41) is 0. The first kappa shape index (κ1) is 29.2. The molecular weight excluding hydrogens is 255 g/mol. The van der Waals surface area contributed by atoms with E-state index in [-0.39, 0.29) is 154 Å². The van der Waals surface area contributed by atoms with E-state index < -0.39 is 7.82 Å². The third-order valence-electron chi connectivity index (χ3n) is 0. The normalized spacial score (nSPS) is 6.56. The fourth-order valence-corrected chi connectivity index (χ4v) is 0. The summed E-state index contributed by atoms with van der Waals surface area (Å²) in [7, 11) is -4.64. The van der Waals surface area contributed by atoms with Crippen molar-refractivity contribution in [1.29, 1.82) is 0 Å². The van der Waals surface area contributed by atoms with Crippen molar-refractivity contribution in [3.8, 4) is 0 Å². The molecule has 0 atom stereocenters. The van der Waals surface area contributed by atoms with Gasteiger partial charge in [-0.2, -0.15) is 0 Å². The summed E-state index contributed by atoms with van der Waals surface area (Å²) in [6, 6.07) is 0.